The van der Waals surface area contributed by atoms with Gasteiger partial charge in [-0.1, -0.05) is 6.07 Å². The molecule has 1 N–H and O–H groups in total. The molecule has 7 nitrogen and oxygen atoms in total. The summed E-state index contributed by atoms with van der Waals surface area (Å²) in [7, 11) is 2.94. The molecule has 160 valence electrons. The van der Waals surface area contributed by atoms with Crippen molar-refractivity contribution >= 4 is 23.2 Å². The Balaban J connectivity index is 1.72. The highest BCUT2D eigenvalue weighted by molar-refractivity contribution is 6.13. The lowest BCUT2D eigenvalue weighted by Gasteiger charge is -2.18. The smallest absolute Gasteiger partial charge is 0.497 e. The van der Waals surface area contributed by atoms with E-state index in [0.29, 0.717) is 17.2 Å². The van der Waals surface area contributed by atoms with E-state index in [1.54, 1.807) is 18.2 Å². The Hall–Kier alpha value is -3.43. The van der Waals surface area contributed by atoms with Crippen molar-refractivity contribution < 1.29 is 37.0 Å². The molecule has 1 aliphatic heterocycles. The van der Waals surface area contributed by atoms with Gasteiger partial charge in [0.05, 0.1) is 14.2 Å². The minimum Gasteiger partial charge on any atom is -0.497 e. The maximum absolute atomic E-state index is 12.7. The van der Waals surface area contributed by atoms with E-state index in [-0.39, 0.29) is 18.7 Å². The van der Waals surface area contributed by atoms with Crippen molar-refractivity contribution in [1.82, 2.24) is 0 Å². The van der Waals surface area contributed by atoms with Crippen molar-refractivity contribution in [2.24, 2.45) is 5.92 Å². The van der Waals surface area contributed by atoms with Gasteiger partial charge in [0, 0.05) is 42.2 Å². The van der Waals surface area contributed by atoms with Crippen LogP contribution in [-0.2, 0) is 9.59 Å². The van der Waals surface area contributed by atoms with Gasteiger partial charge in [-0.3, -0.25) is 9.59 Å². The fraction of sp³-hybridized carbons (Fsp3) is 0.300. The minimum absolute atomic E-state index is 0.188. The third-order valence-electron chi connectivity index (χ3n) is 4.50. The summed E-state index contributed by atoms with van der Waals surface area (Å²) in [4.78, 5) is 26.6. The first kappa shape index (κ1) is 21.3. The Morgan fingerprint density at radius 3 is 2.33 bits per heavy atom. The van der Waals surface area contributed by atoms with E-state index < -0.39 is 29.8 Å². The summed E-state index contributed by atoms with van der Waals surface area (Å²) in [6.45, 7) is 0.188. The number of anilines is 2. The maximum atomic E-state index is 12.7. The van der Waals surface area contributed by atoms with Gasteiger partial charge in [-0.25, -0.2) is 0 Å². The zero-order valence-corrected chi connectivity index (χ0v) is 16.2. The Labute approximate surface area is 170 Å². The van der Waals surface area contributed by atoms with Crippen LogP contribution in [0.15, 0.2) is 42.5 Å². The molecule has 1 atom stereocenters. The molecule has 2 aromatic rings. The summed E-state index contributed by atoms with van der Waals surface area (Å²) >= 11 is 0. The van der Waals surface area contributed by atoms with Gasteiger partial charge in [0.15, 0.2) is 0 Å². The monoisotopic (exact) mass is 424 g/mol. The highest BCUT2D eigenvalue weighted by Gasteiger charge is 2.38. The van der Waals surface area contributed by atoms with Gasteiger partial charge in [-0.15, -0.1) is 13.2 Å². The summed E-state index contributed by atoms with van der Waals surface area (Å²) in [5.41, 5.74) is 0.614. The molecule has 1 fully saturated rings. The highest BCUT2D eigenvalue weighted by atomic mass is 19.4. The number of amides is 2. The van der Waals surface area contributed by atoms with Crippen LogP contribution in [-0.4, -0.2) is 38.9 Å². The predicted molar refractivity (Wildman–Crippen MR) is 102 cm³/mol. The van der Waals surface area contributed by atoms with E-state index in [4.69, 9.17) is 9.47 Å². The van der Waals surface area contributed by atoms with E-state index >= 15 is 0 Å². The highest BCUT2D eigenvalue weighted by Crippen LogP contribution is 2.32. The molecular formula is C20H19F3N2O5. The Kier molecular flexibility index (Phi) is 6.04. The number of alkyl halides is 3. The van der Waals surface area contributed by atoms with Crippen LogP contribution in [0.3, 0.4) is 0 Å². The van der Waals surface area contributed by atoms with E-state index in [9.17, 15) is 22.8 Å². The zero-order valence-electron chi connectivity index (χ0n) is 16.2. The lowest BCUT2D eigenvalue weighted by Crippen LogP contribution is -2.33. The lowest BCUT2D eigenvalue weighted by molar-refractivity contribution is -0.274. The molecule has 1 aliphatic rings. The van der Waals surface area contributed by atoms with Crippen molar-refractivity contribution in [2.75, 3.05) is 31.0 Å². The second-order valence-corrected chi connectivity index (χ2v) is 6.47. The first-order valence-corrected chi connectivity index (χ1v) is 8.91. The van der Waals surface area contributed by atoms with Gasteiger partial charge >= 0.3 is 6.36 Å². The zero-order chi connectivity index (χ0) is 21.9. The van der Waals surface area contributed by atoms with E-state index in [1.807, 2.05) is 0 Å². The van der Waals surface area contributed by atoms with Gasteiger partial charge in [0.2, 0.25) is 11.8 Å². The summed E-state index contributed by atoms with van der Waals surface area (Å²) in [6.07, 6.45) is -4.62. The molecule has 0 bridgehead atoms. The molecule has 3 rings (SSSR count). The quantitative estimate of drug-likeness (QED) is 0.718. The summed E-state index contributed by atoms with van der Waals surface area (Å²) in [5, 5.41) is 2.66. The third kappa shape index (κ3) is 4.94. The van der Waals surface area contributed by atoms with Crippen molar-refractivity contribution in [1.29, 1.82) is 0 Å². The van der Waals surface area contributed by atoms with Crippen LogP contribution >= 0.6 is 0 Å². The van der Waals surface area contributed by atoms with Crippen LogP contribution < -0.4 is 24.4 Å². The van der Waals surface area contributed by atoms with Crippen molar-refractivity contribution in [2.45, 2.75) is 12.8 Å². The van der Waals surface area contributed by atoms with Crippen LogP contribution in [0.4, 0.5) is 24.5 Å². The number of carbonyl (C=O) groups excluding carboxylic acids is 2. The van der Waals surface area contributed by atoms with Crippen LogP contribution in [0.5, 0.6) is 17.2 Å². The number of rotatable bonds is 6. The van der Waals surface area contributed by atoms with Gasteiger partial charge in [0.1, 0.15) is 23.2 Å². The molecule has 30 heavy (non-hydrogen) atoms. The molecule has 1 saturated heterocycles. The third-order valence-corrected chi connectivity index (χ3v) is 4.50. The molecule has 0 aromatic heterocycles. The first-order chi connectivity index (χ1) is 14.2. The normalized spacial score (nSPS) is 16.4. The Bertz CT molecular complexity index is 926. The van der Waals surface area contributed by atoms with Crippen molar-refractivity contribution in [3.63, 3.8) is 0 Å². The molecular weight excluding hydrogens is 405 g/mol. The number of hydrogen-bond donors (Lipinski definition) is 1. The number of hydrogen-bond acceptors (Lipinski definition) is 5. The fourth-order valence-electron chi connectivity index (χ4n) is 3.14. The Morgan fingerprint density at radius 2 is 1.73 bits per heavy atom. The second-order valence-electron chi connectivity index (χ2n) is 6.47. The Morgan fingerprint density at radius 1 is 1.07 bits per heavy atom. The second kappa shape index (κ2) is 8.52. The molecule has 0 aliphatic carbocycles. The fourth-order valence-corrected chi connectivity index (χ4v) is 3.14. The van der Waals surface area contributed by atoms with Crippen molar-refractivity contribution in [3.05, 3.63) is 42.5 Å². The maximum Gasteiger partial charge on any atom is 0.573 e. The number of nitrogens with one attached hydrogen (secondary N) is 1. The minimum atomic E-state index is -4.84. The predicted octanol–water partition coefficient (Wildman–Crippen LogP) is 3.59. The van der Waals surface area contributed by atoms with Gasteiger partial charge in [0.25, 0.3) is 0 Å². The van der Waals surface area contributed by atoms with E-state index in [0.717, 1.165) is 12.1 Å². The standard InChI is InChI=1S/C20H19F3N2O5/c1-28-15-8-12(9-16(11-15)29-2)24-18(26)17-6-7-25(19(17)27)13-4-3-5-14(10-13)30-20(21,22)23/h3-5,8-11,17H,6-7H2,1-2H3,(H,24,26)/t17-/m0/s1. The van der Waals surface area contributed by atoms with Crippen molar-refractivity contribution in [3.8, 4) is 17.2 Å². The number of ether oxygens (including phenoxy) is 3. The molecule has 1 heterocycles. The van der Waals surface area contributed by atoms with Gasteiger partial charge in [-0.05, 0) is 18.6 Å². The lowest BCUT2D eigenvalue weighted by atomic mass is 10.1. The number of nitrogens with zero attached hydrogens (tertiary/aromatic N) is 1. The number of benzene rings is 2. The molecule has 0 radical (unpaired) electrons. The average molecular weight is 424 g/mol. The van der Waals surface area contributed by atoms with Crippen LogP contribution in [0.2, 0.25) is 0 Å². The van der Waals surface area contributed by atoms with Crippen LogP contribution in [0, 0.1) is 5.92 Å². The van der Waals surface area contributed by atoms with Crippen LogP contribution in [0.1, 0.15) is 6.42 Å². The molecule has 10 heteroatoms. The molecule has 2 aromatic carbocycles. The molecule has 0 saturated carbocycles. The van der Waals surface area contributed by atoms with E-state index in [1.165, 1.54) is 31.3 Å². The number of methoxy groups -OCH3 is 2. The van der Waals surface area contributed by atoms with Gasteiger partial charge in [-0.2, -0.15) is 0 Å². The summed E-state index contributed by atoms with van der Waals surface area (Å²) < 4.78 is 51.5. The number of carbonyl (C=O) groups is 2. The largest absolute Gasteiger partial charge is 0.573 e. The number of halogens is 3. The molecule has 0 spiro atoms. The molecule has 2 amide bonds. The average Bonchev–Trinajstić information content (AvgIpc) is 3.08. The summed E-state index contributed by atoms with van der Waals surface area (Å²) in [5.74, 6) is -1.53. The first-order valence-electron chi connectivity index (χ1n) is 8.91. The molecule has 0 unspecified atom stereocenters. The summed E-state index contributed by atoms with van der Waals surface area (Å²) in [6, 6.07) is 9.86. The SMILES string of the molecule is COc1cc(NC(=O)[C@@H]2CCN(c3cccc(OC(F)(F)F)c3)C2=O)cc(OC)c1. The van der Waals surface area contributed by atoms with E-state index in [2.05, 4.69) is 10.1 Å². The topological polar surface area (TPSA) is 77.1 Å². The van der Waals surface area contributed by atoms with Gasteiger partial charge < -0.3 is 24.4 Å². The van der Waals surface area contributed by atoms with Crippen LogP contribution in [0.25, 0.3) is 0 Å².